The summed E-state index contributed by atoms with van der Waals surface area (Å²) in [5.74, 6) is 0.853. The minimum Gasteiger partial charge on any atom is -0.493 e. The fraction of sp³-hybridized carbons (Fsp3) is 0.579. The van der Waals surface area contributed by atoms with Crippen molar-refractivity contribution in [3.63, 3.8) is 0 Å². The van der Waals surface area contributed by atoms with Crippen LogP contribution < -0.4 is 10.1 Å². The monoisotopic (exact) mass is 364 g/mol. The van der Waals surface area contributed by atoms with Crippen LogP contribution in [0.15, 0.2) is 18.2 Å². The lowest BCUT2D eigenvalue weighted by Crippen LogP contribution is -2.46. The molecule has 1 aromatic rings. The molecule has 1 N–H and O–H groups in total. The zero-order valence-electron chi connectivity index (χ0n) is 14.6. The molecule has 0 aromatic heterocycles. The molecule has 3 rings (SSSR count). The molecule has 2 amide bonds. The molecular weight excluding hydrogens is 340 g/mol. The number of carbonyl (C=O) groups is 2. The van der Waals surface area contributed by atoms with Gasteiger partial charge in [0.1, 0.15) is 11.8 Å². The van der Waals surface area contributed by atoms with Gasteiger partial charge in [-0.2, -0.15) is 0 Å². The Bertz CT molecular complexity index is 646. The third kappa shape index (κ3) is 4.88. The Morgan fingerprint density at radius 1 is 1.32 bits per heavy atom. The van der Waals surface area contributed by atoms with Crippen molar-refractivity contribution >= 4 is 23.4 Å². The highest BCUT2D eigenvalue weighted by Gasteiger charge is 2.36. The Labute approximate surface area is 153 Å². The number of likely N-dealkylation sites (tertiary alicyclic amines) is 1. The molecular formula is C19H25ClN2O3. The third-order valence-electron chi connectivity index (χ3n) is 4.73. The Morgan fingerprint density at radius 3 is 2.84 bits per heavy atom. The number of ether oxygens (including phenoxy) is 1. The van der Waals surface area contributed by atoms with E-state index in [2.05, 4.69) is 5.32 Å². The van der Waals surface area contributed by atoms with Crippen molar-refractivity contribution in [3.8, 4) is 5.75 Å². The number of hydrogen-bond donors (Lipinski definition) is 1. The average molecular weight is 365 g/mol. The highest BCUT2D eigenvalue weighted by Crippen LogP contribution is 2.24. The zero-order chi connectivity index (χ0) is 17.8. The molecule has 1 atom stereocenters. The van der Waals surface area contributed by atoms with Crippen LogP contribution in [0.25, 0.3) is 0 Å². The number of nitrogens with zero attached hydrogens (tertiary/aromatic N) is 1. The summed E-state index contributed by atoms with van der Waals surface area (Å²) in [5, 5.41) is 3.70. The minimum absolute atomic E-state index is 0.0152. The van der Waals surface area contributed by atoms with E-state index < -0.39 is 0 Å². The molecule has 1 saturated carbocycles. The van der Waals surface area contributed by atoms with Crippen LogP contribution in [0.1, 0.15) is 44.1 Å². The van der Waals surface area contributed by atoms with Gasteiger partial charge in [0, 0.05) is 24.0 Å². The Morgan fingerprint density at radius 2 is 2.12 bits per heavy atom. The van der Waals surface area contributed by atoms with Gasteiger partial charge in [-0.1, -0.05) is 11.6 Å². The summed E-state index contributed by atoms with van der Waals surface area (Å²) in [6, 6.07) is 5.55. The summed E-state index contributed by atoms with van der Waals surface area (Å²) in [4.78, 5) is 26.4. The van der Waals surface area contributed by atoms with Gasteiger partial charge >= 0.3 is 0 Å². The van der Waals surface area contributed by atoms with Crippen LogP contribution in [-0.2, 0) is 9.59 Å². The lowest BCUT2D eigenvalue weighted by molar-refractivity contribution is -0.138. The molecule has 1 saturated heterocycles. The first kappa shape index (κ1) is 18.1. The third-order valence-corrected chi connectivity index (χ3v) is 4.96. The summed E-state index contributed by atoms with van der Waals surface area (Å²) < 4.78 is 5.73. The number of halogens is 1. The molecule has 0 radical (unpaired) electrons. The van der Waals surface area contributed by atoms with Gasteiger partial charge in [0.2, 0.25) is 11.8 Å². The second-order valence-corrected chi connectivity index (χ2v) is 7.33. The summed E-state index contributed by atoms with van der Waals surface area (Å²) in [7, 11) is 0. The van der Waals surface area contributed by atoms with Gasteiger partial charge in [0.15, 0.2) is 0 Å². The first-order valence-electron chi connectivity index (χ1n) is 9.03. The van der Waals surface area contributed by atoms with E-state index in [0.29, 0.717) is 37.1 Å². The van der Waals surface area contributed by atoms with Gasteiger partial charge in [0.05, 0.1) is 6.61 Å². The lowest BCUT2D eigenvalue weighted by atomic mass is 10.2. The van der Waals surface area contributed by atoms with Crippen LogP contribution in [0.3, 0.4) is 0 Å². The summed E-state index contributed by atoms with van der Waals surface area (Å²) in [5.41, 5.74) is 0.982. The molecule has 136 valence electrons. The normalized spacial score (nSPS) is 19.8. The van der Waals surface area contributed by atoms with E-state index in [1.54, 1.807) is 11.0 Å². The number of amides is 2. The SMILES string of the molecule is Cc1cc(Cl)ccc1OCCCC(=O)N1CCCC1C(=O)NC1CC1. The molecule has 6 heteroatoms. The first-order valence-corrected chi connectivity index (χ1v) is 9.41. The van der Waals surface area contributed by atoms with Crippen molar-refractivity contribution in [1.29, 1.82) is 0 Å². The quantitative estimate of drug-likeness (QED) is 0.756. The van der Waals surface area contributed by atoms with Gasteiger partial charge in [-0.3, -0.25) is 9.59 Å². The molecule has 1 aliphatic carbocycles. The molecule has 1 unspecified atom stereocenters. The van der Waals surface area contributed by atoms with E-state index in [-0.39, 0.29) is 17.9 Å². The van der Waals surface area contributed by atoms with Crippen LogP contribution >= 0.6 is 11.6 Å². The van der Waals surface area contributed by atoms with Crippen molar-refractivity contribution < 1.29 is 14.3 Å². The number of nitrogens with one attached hydrogen (secondary N) is 1. The smallest absolute Gasteiger partial charge is 0.243 e. The first-order chi connectivity index (χ1) is 12.0. The van der Waals surface area contributed by atoms with Gasteiger partial charge in [-0.05, 0) is 62.8 Å². The topological polar surface area (TPSA) is 58.6 Å². The number of aryl methyl sites for hydroxylation is 1. The fourth-order valence-electron chi connectivity index (χ4n) is 3.19. The van der Waals surface area contributed by atoms with Crippen molar-refractivity contribution in [3.05, 3.63) is 28.8 Å². The predicted molar refractivity (Wildman–Crippen MR) is 96.8 cm³/mol. The van der Waals surface area contributed by atoms with Crippen molar-refractivity contribution in [2.45, 2.75) is 57.5 Å². The summed E-state index contributed by atoms with van der Waals surface area (Å²) >= 11 is 5.93. The molecule has 2 aliphatic rings. The van der Waals surface area contributed by atoms with Gasteiger partial charge in [-0.25, -0.2) is 0 Å². The molecule has 0 spiro atoms. The Kier molecular flexibility index (Phi) is 5.84. The second kappa shape index (κ2) is 8.09. The van der Waals surface area contributed by atoms with E-state index in [1.165, 1.54) is 0 Å². The summed E-state index contributed by atoms with van der Waals surface area (Å²) in [6.45, 7) is 3.10. The van der Waals surface area contributed by atoms with Crippen molar-refractivity contribution in [2.24, 2.45) is 0 Å². The van der Waals surface area contributed by atoms with E-state index in [0.717, 1.165) is 37.0 Å². The van der Waals surface area contributed by atoms with Crippen LogP contribution in [0.4, 0.5) is 0 Å². The zero-order valence-corrected chi connectivity index (χ0v) is 15.3. The lowest BCUT2D eigenvalue weighted by Gasteiger charge is -2.24. The molecule has 2 fully saturated rings. The van der Waals surface area contributed by atoms with Gasteiger partial charge in [-0.15, -0.1) is 0 Å². The van der Waals surface area contributed by atoms with E-state index in [1.807, 2.05) is 19.1 Å². The summed E-state index contributed by atoms with van der Waals surface area (Å²) in [6.07, 6.45) is 4.83. The van der Waals surface area contributed by atoms with Crippen LogP contribution in [0.2, 0.25) is 5.02 Å². The van der Waals surface area contributed by atoms with E-state index in [9.17, 15) is 9.59 Å². The van der Waals surface area contributed by atoms with Gasteiger partial charge < -0.3 is 15.0 Å². The molecule has 5 nitrogen and oxygen atoms in total. The van der Waals surface area contributed by atoms with E-state index in [4.69, 9.17) is 16.3 Å². The number of benzene rings is 1. The standard InChI is InChI=1S/C19H25ClN2O3/c1-13-12-14(20)6-9-17(13)25-11-3-5-18(23)22-10-2-4-16(22)19(24)21-15-7-8-15/h6,9,12,15-16H,2-5,7-8,10-11H2,1H3,(H,21,24). The number of rotatable bonds is 7. The average Bonchev–Trinajstić information content (AvgIpc) is 3.24. The van der Waals surface area contributed by atoms with Crippen LogP contribution in [0, 0.1) is 6.92 Å². The maximum Gasteiger partial charge on any atom is 0.243 e. The number of carbonyl (C=O) groups excluding carboxylic acids is 2. The molecule has 0 bridgehead atoms. The molecule has 1 aromatic carbocycles. The van der Waals surface area contributed by atoms with E-state index >= 15 is 0 Å². The van der Waals surface area contributed by atoms with Crippen LogP contribution in [0.5, 0.6) is 5.75 Å². The predicted octanol–water partition coefficient (Wildman–Crippen LogP) is 3.08. The highest BCUT2D eigenvalue weighted by molar-refractivity contribution is 6.30. The largest absolute Gasteiger partial charge is 0.493 e. The van der Waals surface area contributed by atoms with Gasteiger partial charge in [0.25, 0.3) is 0 Å². The Balaban J connectivity index is 1.42. The minimum atomic E-state index is -0.285. The molecule has 1 heterocycles. The maximum atomic E-state index is 12.5. The Hall–Kier alpha value is -1.75. The molecule has 25 heavy (non-hydrogen) atoms. The van der Waals surface area contributed by atoms with Crippen LogP contribution in [-0.4, -0.2) is 41.9 Å². The van der Waals surface area contributed by atoms with Crippen molar-refractivity contribution in [1.82, 2.24) is 10.2 Å². The fourth-order valence-corrected chi connectivity index (χ4v) is 3.41. The number of hydrogen-bond acceptors (Lipinski definition) is 3. The maximum absolute atomic E-state index is 12.5. The highest BCUT2D eigenvalue weighted by atomic mass is 35.5. The second-order valence-electron chi connectivity index (χ2n) is 6.89. The molecule has 1 aliphatic heterocycles. The van der Waals surface area contributed by atoms with Crippen molar-refractivity contribution in [2.75, 3.05) is 13.2 Å².